The molecule has 60 valence electrons. The van der Waals surface area contributed by atoms with Crippen molar-refractivity contribution in [2.75, 3.05) is 7.11 Å². The van der Waals surface area contributed by atoms with Gasteiger partial charge in [-0.15, -0.1) is 5.73 Å². The molecule has 0 aromatic heterocycles. The number of hydrogen-bond acceptors (Lipinski definition) is 2. The number of esters is 1. The minimum absolute atomic E-state index is 0.0706. The van der Waals surface area contributed by atoms with Gasteiger partial charge in [0.15, 0.2) is 0 Å². The van der Waals surface area contributed by atoms with E-state index >= 15 is 0 Å². The van der Waals surface area contributed by atoms with E-state index in [-0.39, 0.29) is 11.9 Å². The first-order chi connectivity index (χ1) is 5.34. The maximum absolute atomic E-state index is 11.0. The summed E-state index contributed by atoms with van der Waals surface area (Å²) in [4.78, 5) is 11.0. The number of ether oxygens (including phenoxy) is 1. The predicted molar refractivity (Wildman–Crippen MR) is 42.0 cm³/mol. The Morgan fingerprint density at radius 3 is 3.27 bits per heavy atom. The first-order valence-corrected chi connectivity index (χ1v) is 3.83. The average Bonchev–Trinajstić information content (AvgIpc) is 2.30. The second kappa shape index (κ2) is 3.99. The summed E-state index contributed by atoms with van der Waals surface area (Å²) in [5.74, 6) is -0.216. The van der Waals surface area contributed by atoms with Gasteiger partial charge in [-0.1, -0.05) is 0 Å². The van der Waals surface area contributed by atoms with Gasteiger partial charge in [0.2, 0.25) is 0 Å². The molecule has 1 rings (SSSR count). The molecule has 0 N–H and O–H groups in total. The Morgan fingerprint density at radius 2 is 2.55 bits per heavy atom. The lowest BCUT2D eigenvalue weighted by Gasteiger charge is -2.06. The lowest BCUT2D eigenvalue weighted by Crippen LogP contribution is -2.12. The van der Waals surface area contributed by atoms with Crippen molar-refractivity contribution in [3.05, 3.63) is 17.9 Å². The third-order valence-electron chi connectivity index (χ3n) is 1.78. The highest BCUT2D eigenvalue weighted by molar-refractivity contribution is 5.74. The Labute approximate surface area is 66.5 Å². The predicted octanol–water partition coefficient (Wildman–Crippen LogP) is 1.67. The van der Waals surface area contributed by atoms with Crippen molar-refractivity contribution >= 4 is 5.97 Å². The van der Waals surface area contributed by atoms with E-state index in [1.54, 1.807) is 6.08 Å². The smallest absolute Gasteiger partial charge is 0.313 e. The quantitative estimate of drug-likeness (QED) is 0.422. The molecule has 2 nitrogen and oxygen atoms in total. The van der Waals surface area contributed by atoms with Crippen LogP contribution in [0.25, 0.3) is 0 Å². The van der Waals surface area contributed by atoms with E-state index in [2.05, 4.69) is 10.5 Å². The van der Waals surface area contributed by atoms with E-state index in [4.69, 9.17) is 0 Å². The third kappa shape index (κ3) is 2.24. The second-order valence-electron chi connectivity index (χ2n) is 2.60. The molecular weight excluding hydrogens is 140 g/mol. The van der Waals surface area contributed by atoms with Crippen LogP contribution in [0, 0.1) is 5.92 Å². The van der Waals surface area contributed by atoms with Crippen molar-refractivity contribution in [3.63, 3.8) is 0 Å². The molecule has 0 aromatic carbocycles. The molecule has 0 radical (unpaired) electrons. The van der Waals surface area contributed by atoms with Gasteiger partial charge in [-0.3, -0.25) is 4.79 Å². The van der Waals surface area contributed by atoms with Gasteiger partial charge in [0.05, 0.1) is 13.0 Å². The Kier molecular flexibility index (Phi) is 2.94. The van der Waals surface area contributed by atoms with Gasteiger partial charge < -0.3 is 4.74 Å². The Morgan fingerprint density at radius 1 is 1.73 bits per heavy atom. The summed E-state index contributed by atoms with van der Waals surface area (Å²) in [6, 6.07) is 0. The van der Waals surface area contributed by atoms with Crippen molar-refractivity contribution in [1.29, 1.82) is 0 Å². The van der Waals surface area contributed by atoms with Gasteiger partial charge in [0, 0.05) is 0 Å². The molecule has 1 unspecified atom stereocenters. The van der Waals surface area contributed by atoms with Crippen LogP contribution in [-0.2, 0) is 9.53 Å². The summed E-state index contributed by atoms with van der Waals surface area (Å²) >= 11 is 0. The third-order valence-corrected chi connectivity index (χ3v) is 1.78. The number of rotatable bonds is 1. The van der Waals surface area contributed by atoms with Crippen LogP contribution in [0.2, 0.25) is 0 Å². The summed E-state index contributed by atoms with van der Waals surface area (Å²) in [7, 11) is 1.42. The van der Waals surface area contributed by atoms with Crippen LogP contribution in [0.15, 0.2) is 17.9 Å². The first kappa shape index (κ1) is 8.09. The zero-order valence-corrected chi connectivity index (χ0v) is 6.67. The minimum Gasteiger partial charge on any atom is -0.469 e. The van der Waals surface area contributed by atoms with Crippen LogP contribution in [0.4, 0.5) is 0 Å². The molecule has 0 aliphatic heterocycles. The fourth-order valence-corrected chi connectivity index (χ4v) is 1.13. The van der Waals surface area contributed by atoms with E-state index in [9.17, 15) is 4.79 Å². The number of hydrogen-bond donors (Lipinski definition) is 0. The second-order valence-corrected chi connectivity index (χ2v) is 2.60. The van der Waals surface area contributed by atoms with Gasteiger partial charge in [0.25, 0.3) is 0 Å². The molecule has 0 bridgehead atoms. The Hall–Kier alpha value is -1.01. The van der Waals surface area contributed by atoms with Crippen molar-refractivity contribution in [2.45, 2.75) is 19.3 Å². The minimum atomic E-state index is -0.146. The van der Waals surface area contributed by atoms with Crippen LogP contribution in [0.1, 0.15) is 19.3 Å². The number of carbonyl (C=O) groups is 1. The summed E-state index contributed by atoms with van der Waals surface area (Å²) in [6.07, 6.45) is 6.70. The van der Waals surface area contributed by atoms with Gasteiger partial charge in [-0.05, 0) is 31.4 Å². The highest BCUT2D eigenvalue weighted by Crippen LogP contribution is 2.14. The van der Waals surface area contributed by atoms with Gasteiger partial charge >= 0.3 is 5.97 Å². The van der Waals surface area contributed by atoms with Crippen molar-refractivity contribution in [2.24, 2.45) is 5.92 Å². The zero-order valence-electron chi connectivity index (χ0n) is 6.67. The molecule has 0 saturated carbocycles. The molecule has 0 aromatic rings. The fraction of sp³-hybridized carbons (Fsp3) is 0.556. The SMILES string of the molecule is COC(=O)C1C=C=CCCC1. The maximum atomic E-state index is 11.0. The first-order valence-electron chi connectivity index (χ1n) is 3.83. The topological polar surface area (TPSA) is 26.3 Å². The fourth-order valence-electron chi connectivity index (χ4n) is 1.13. The van der Waals surface area contributed by atoms with Crippen LogP contribution >= 0.6 is 0 Å². The molecule has 11 heavy (non-hydrogen) atoms. The maximum Gasteiger partial charge on any atom is 0.313 e. The highest BCUT2D eigenvalue weighted by Gasteiger charge is 2.15. The molecule has 0 spiro atoms. The van der Waals surface area contributed by atoms with Gasteiger partial charge in [0.1, 0.15) is 0 Å². The van der Waals surface area contributed by atoms with Gasteiger partial charge in [-0.25, -0.2) is 0 Å². The molecule has 0 amide bonds. The van der Waals surface area contributed by atoms with E-state index in [1.165, 1.54) is 7.11 Å². The van der Waals surface area contributed by atoms with Crippen LogP contribution in [-0.4, -0.2) is 13.1 Å². The van der Waals surface area contributed by atoms with Crippen molar-refractivity contribution < 1.29 is 9.53 Å². The summed E-state index contributed by atoms with van der Waals surface area (Å²) in [5.41, 5.74) is 2.96. The molecule has 1 aliphatic carbocycles. The largest absolute Gasteiger partial charge is 0.469 e. The van der Waals surface area contributed by atoms with Crippen LogP contribution in [0.5, 0.6) is 0 Å². The lowest BCUT2D eigenvalue weighted by atomic mass is 10.0. The Balaban J connectivity index is 2.57. The van der Waals surface area contributed by atoms with E-state index < -0.39 is 0 Å². The highest BCUT2D eigenvalue weighted by atomic mass is 16.5. The molecule has 2 heteroatoms. The van der Waals surface area contributed by atoms with E-state index in [0.717, 1.165) is 19.3 Å². The van der Waals surface area contributed by atoms with Crippen molar-refractivity contribution in [3.8, 4) is 0 Å². The monoisotopic (exact) mass is 152 g/mol. The van der Waals surface area contributed by atoms with Crippen LogP contribution in [0.3, 0.4) is 0 Å². The molecule has 0 saturated heterocycles. The Bertz CT molecular complexity index is 198. The van der Waals surface area contributed by atoms with Gasteiger partial charge in [-0.2, -0.15) is 0 Å². The molecule has 1 atom stereocenters. The normalized spacial score (nSPS) is 22.8. The van der Waals surface area contributed by atoms with Crippen molar-refractivity contribution in [1.82, 2.24) is 0 Å². The summed E-state index contributed by atoms with van der Waals surface area (Å²) in [6.45, 7) is 0. The molecular formula is C9H12O2. The standard InChI is InChI=1S/C9H12O2/c1-11-9(10)8-6-4-2-3-5-7-8/h2,6,8H,3,5,7H2,1H3. The number of carbonyl (C=O) groups excluding carboxylic acids is 1. The van der Waals surface area contributed by atoms with E-state index in [0.29, 0.717) is 0 Å². The molecule has 0 fully saturated rings. The zero-order chi connectivity index (χ0) is 8.10. The number of methoxy groups -OCH3 is 1. The molecule has 0 heterocycles. The lowest BCUT2D eigenvalue weighted by molar-refractivity contribution is -0.143. The summed E-state index contributed by atoms with van der Waals surface area (Å²) in [5, 5.41) is 0. The average molecular weight is 152 g/mol. The van der Waals surface area contributed by atoms with E-state index in [1.807, 2.05) is 6.08 Å². The summed E-state index contributed by atoms with van der Waals surface area (Å²) < 4.78 is 4.62. The van der Waals surface area contributed by atoms with Crippen LogP contribution < -0.4 is 0 Å². The molecule has 1 aliphatic rings.